The van der Waals surface area contributed by atoms with Crippen LogP contribution in [0.15, 0.2) is 71.6 Å². The van der Waals surface area contributed by atoms with E-state index >= 15 is 0 Å². The number of aliphatic hydroxyl groups excluding tert-OH is 1. The summed E-state index contributed by atoms with van der Waals surface area (Å²) >= 11 is 0. The Morgan fingerprint density at radius 3 is 2.51 bits per heavy atom. The molecule has 0 radical (unpaired) electrons. The highest BCUT2D eigenvalue weighted by Gasteiger charge is 2.38. The molecule has 0 spiro atoms. The molecule has 2 heterocycles. The largest absolute Gasteiger partial charge is 0.487 e. The van der Waals surface area contributed by atoms with Crippen LogP contribution in [0.2, 0.25) is 0 Å². The molecule has 3 aromatic rings. The molecule has 0 aromatic heterocycles. The summed E-state index contributed by atoms with van der Waals surface area (Å²) in [4.78, 5) is 14.9. The van der Waals surface area contributed by atoms with Crippen LogP contribution in [0.4, 0.5) is 0 Å². The Hall–Kier alpha value is -3.86. The molecule has 5 rings (SSSR count). The summed E-state index contributed by atoms with van der Waals surface area (Å²) in [6.45, 7) is 3.68. The van der Waals surface area contributed by atoms with Crippen molar-refractivity contribution >= 4 is 28.1 Å². The lowest BCUT2D eigenvalue weighted by Crippen LogP contribution is -2.50. The quantitative estimate of drug-likeness (QED) is 0.421. The highest BCUT2D eigenvalue weighted by Crippen LogP contribution is 2.35. The summed E-state index contributed by atoms with van der Waals surface area (Å²) in [6, 6.07) is 19.2. The second-order valence-corrected chi connectivity index (χ2v) is 12.3. The van der Waals surface area contributed by atoms with Gasteiger partial charge >= 0.3 is 0 Å². The minimum atomic E-state index is -3.97. The third kappa shape index (κ3) is 6.09. The molecule has 0 saturated heterocycles. The number of sulfonamides is 1. The Kier molecular flexibility index (Phi) is 8.35. The number of amides is 1. The fourth-order valence-electron chi connectivity index (χ4n) is 4.92. The molecule has 2 aliphatic heterocycles. The lowest BCUT2D eigenvalue weighted by Gasteiger charge is -2.37. The first kappa shape index (κ1) is 28.7. The van der Waals surface area contributed by atoms with Crippen molar-refractivity contribution in [3.8, 4) is 17.2 Å². The molecule has 0 unspecified atom stereocenters. The molecule has 0 saturated carbocycles. The van der Waals surface area contributed by atoms with Gasteiger partial charge in [0.2, 0.25) is 16.8 Å². The maximum absolute atomic E-state index is 13.8. The van der Waals surface area contributed by atoms with Crippen LogP contribution < -0.4 is 14.2 Å². The molecule has 10 heteroatoms. The predicted octanol–water partition coefficient (Wildman–Crippen LogP) is 4.13. The number of benzene rings is 3. The van der Waals surface area contributed by atoms with Gasteiger partial charge in [0.1, 0.15) is 16.7 Å². The molecule has 3 atom stereocenters. The zero-order valence-corrected chi connectivity index (χ0v) is 24.1. The van der Waals surface area contributed by atoms with Gasteiger partial charge in [0.15, 0.2) is 11.5 Å². The minimum absolute atomic E-state index is 0.0244. The van der Waals surface area contributed by atoms with Crippen LogP contribution in [0.5, 0.6) is 17.2 Å². The van der Waals surface area contributed by atoms with Gasteiger partial charge in [-0.15, -0.1) is 0 Å². The van der Waals surface area contributed by atoms with Crippen LogP contribution >= 0.6 is 0 Å². The molecule has 2 aliphatic rings. The fraction of sp³-hybridized carbons (Fsp3) is 0.323. The van der Waals surface area contributed by atoms with Crippen LogP contribution in [0.1, 0.15) is 35.3 Å². The van der Waals surface area contributed by atoms with Crippen molar-refractivity contribution < 1.29 is 32.5 Å². The number of ether oxygens (including phenoxy) is 3. The molecule has 3 aromatic carbocycles. The summed E-state index contributed by atoms with van der Waals surface area (Å²) < 4.78 is 46.0. The van der Waals surface area contributed by atoms with Crippen molar-refractivity contribution in [3.63, 3.8) is 0 Å². The average molecular weight is 579 g/mol. The first-order valence-corrected chi connectivity index (χ1v) is 14.9. The molecule has 216 valence electrons. The molecule has 0 fully saturated rings. The van der Waals surface area contributed by atoms with Crippen LogP contribution in [0, 0.1) is 5.92 Å². The van der Waals surface area contributed by atoms with E-state index in [2.05, 4.69) is 0 Å². The third-order valence-electron chi connectivity index (χ3n) is 7.38. The zero-order valence-electron chi connectivity index (χ0n) is 23.3. The van der Waals surface area contributed by atoms with E-state index in [9.17, 15) is 18.3 Å². The molecular weight excluding hydrogens is 544 g/mol. The van der Waals surface area contributed by atoms with Gasteiger partial charge in [-0.25, -0.2) is 8.42 Å². The fourth-order valence-corrected chi connectivity index (χ4v) is 6.75. The Bertz CT molecular complexity index is 1540. The SMILES string of the molecule is C[C@H](CO)N1C[C@H](C)[C@H](CN(C)C(=O)c2ccc3c(c2)OCO3)Oc2cc(/C=C/c3ccccc3)ccc2S1(=O)=O. The van der Waals surface area contributed by atoms with Gasteiger partial charge in [-0.3, -0.25) is 4.79 Å². The van der Waals surface area contributed by atoms with Gasteiger partial charge in [-0.2, -0.15) is 4.31 Å². The van der Waals surface area contributed by atoms with Crippen molar-refractivity contribution in [2.75, 3.05) is 33.5 Å². The molecule has 9 nitrogen and oxygen atoms in total. The van der Waals surface area contributed by atoms with Crippen LogP contribution in [0.3, 0.4) is 0 Å². The lowest BCUT2D eigenvalue weighted by molar-refractivity contribution is 0.0563. The van der Waals surface area contributed by atoms with Crippen LogP contribution in [-0.2, 0) is 10.0 Å². The summed E-state index contributed by atoms with van der Waals surface area (Å²) in [5, 5.41) is 9.90. The highest BCUT2D eigenvalue weighted by atomic mass is 32.2. The molecule has 0 aliphatic carbocycles. The highest BCUT2D eigenvalue weighted by molar-refractivity contribution is 7.89. The maximum Gasteiger partial charge on any atom is 0.253 e. The molecule has 41 heavy (non-hydrogen) atoms. The van der Waals surface area contributed by atoms with Crippen molar-refractivity contribution in [1.82, 2.24) is 9.21 Å². The monoisotopic (exact) mass is 578 g/mol. The topological polar surface area (TPSA) is 106 Å². The minimum Gasteiger partial charge on any atom is -0.487 e. The number of hydrogen-bond acceptors (Lipinski definition) is 7. The Morgan fingerprint density at radius 2 is 1.76 bits per heavy atom. The number of fused-ring (bicyclic) bond motifs is 2. The molecule has 1 N–H and O–H groups in total. The van der Waals surface area contributed by atoms with E-state index in [4.69, 9.17) is 14.2 Å². The number of rotatable bonds is 7. The number of likely N-dealkylation sites (N-methyl/N-ethyl adjacent to an activating group) is 1. The summed E-state index contributed by atoms with van der Waals surface area (Å²) in [7, 11) is -2.28. The number of aliphatic hydroxyl groups is 1. The maximum atomic E-state index is 13.8. The molecule has 1 amide bonds. The van der Waals surface area contributed by atoms with E-state index in [1.807, 2.05) is 49.4 Å². The first-order valence-electron chi connectivity index (χ1n) is 13.5. The number of carbonyl (C=O) groups is 1. The average Bonchev–Trinajstić information content (AvgIpc) is 3.45. The second kappa shape index (κ2) is 11.9. The van der Waals surface area contributed by atoms with Crippen molar-refractivity contribution in [3.05, 3.63) is 83.4 Å². The second-order valence-electron chi connectivity index (χ2n) is 10.4. The van der Waals surface area contributed by atoms with Gasteiger partial charge in [0.05, 0.1) is 13.2 Å². The van der Waals surface area contributed by atoms with Gasteiger partial charge in [-0.1, -0.05) is 55.5 Å². The number of hydrogen-bond donors (Lipinski definition) is 1. The molecule has 0 bridgehead atoms. The van der Waals surface area contributed by atoms with Gasteiger partial charge in [-0.05, 0) is 48.4 Å². The third-order valence-corrected chi connectivity index (χ3v) is 9.40. The summed E-state index contributed by atoms with van der Waals surface area (Å²) in [5.41, 5.74) is 2.22. The zero-order chi connectivity index (χ0) is 29.1. The Morgan fingerprint density at radius 1 is 1.02 bits per heavy atom. The van der Waals surface area contributed by atoms with Gasteiger partial charge in [0.25, 0.3) is 5.91 Å². The summed E-state index contributed by atoms with van der Waals surface area (Å²) in [6.07, 6.45) is 3.30. The van der Waals surface area contributed by atoms with Gasteiger partial charge < -0.3 is 24.2 Å². The number of nitrogens with zero attached hydrogens (tertiary/aromatic N) is 2. The van der Waals surface area contributed by atoms with Crippen molar-refractivity contribution in [1.29, 1.82) is 0 Å². The Labute approximate surface area is 240 Å². The van der Waals surface area contributed by atoms with Crippen LogP contribution in [-0.4, -0.2) is 74.3 Å². The molecular formula is C31H34N2O7S. The lowest BCUT2D eigenvalue weighted by atomic mass is 10.0. The van der Waals surface area contributed by atoms with E-state index in [-0.39, 0.29) is 49.0 Å². The van der Waals surface area contributed by atoms with Crippen LogP contribution in [0.25, 0.3) is 12.2 Å². The van der Waals surface area contributed by atoms with Gasteiger partial charge in [0, 0.05) is 31.1 Å². The standard InChI is InChI=1S/C31H34N2O7S/c1-21-17-33(22(2)19-34)41(36,37)30-14-11-24(10-9-23-7-5-4-6-8-23)15-28(30)40-29(21)18-32(3)31(35)25-12-13-26-27(16-25)39-20-38-26/h4-16,21-22,29,34H,17-20H2,1-3H3/b10-9+/t21-,22+,29-/m0/s1. The van der Waals surface area contributed by atoms with E-state index in [0.29, 0.717) is 17.1 Å². The van der Waals surface area contributed by atoms with E-state index in [0.717, 1.165) is 11.1 Å². The predicted molar refractivity (Wildman–Crippen MR) is 155 cm³/mol. The van der Waals surface area contributed by atoms with E-state index < -0.39 is 22.2 Å². The smallest absolute Gasteiger partial charge is 0.253 e. The first-order chi connectivity index (χ1) is 19.7. The van der Waals surface area contributed by atoms with Crippen molar-refractivity contribution in [2.45, 2.75) is 30.9 Å². The van der Waals surface area contributed by atoms with E-state index in [1.165, 1.54) is 4.31 Å². The normalized spacial score (nSPS) is 20.5. The number of carbonyl (C=O) groups excluding carboxylic acids is 1. The van der Waals surface area contributed by atoms with E-state index in [1.54, 1.807) is 55.3 Å². The summed E-state index contributed by atoms with van der Waals surface area (Å²) in [5.74, 6) is 0.783. The van der Waals surface area contributed by atoms with Crippen molar-refractivity contribution in [2.24, 2.45) is 5.92 Å². The Balaban J connectivity index is 1.46.